The van der Waals surface area contributed by atoms with Gasteiger partial charge < -0.3 is 10.5 Å². The molecule has 2 heteroatoms. The Morgan fingerprint density at radius 2 is 1.94 bits per heavy atom. The van der Waals surface area contributed by atoms with Crippen LogP contribution in [0.5, 0.6) is 5.75 Å². The lowest BCUT2D eigenvalue weighted by molar-refractivity contribution is 0.403. The third-order valence-corrected chi connectivity index (χ3v) is 3.30. The number of unbranched alkanes of at least 4 members (excludes halogenated alkanes) is 1. The summed E-state index contributed by atoms with van der Waals surface area (Å²) < 4.78 is 5.51. The number of aryl methyl sites for hydroxylation is 2. The smallest absolute Gasteiger partial charge is 0.122 e. The molecule has 1 unspecified atom stereocenters. The summed E-state index contributed by atoms with van der Waals surface area (Å²) in [4.78, 5) is 0. The maximum atomic E-state index is 5.53. The third kappa shape index (κ3) is 3.74. The van der Waals surface area contributed by atoms with Crippen molar-refractivity contribution in [3.05, 3.63) is 28.8 Å². The molecular weight excluding hydrogens is 210 g/mol. The fraction of sp³-hybridized carbons (Fsp3) is 0.600. The van der Waals surface area contributed by atoms with Crippen LogP contribution in [0.1, 0.15) is 48.8 Å². The maximum absolute atomic E-state index is 5.53. The van der Waals surface area contributed by atoms with Gasteiger partial charge in [0.25, 0.3) is 0 Å². The first-order chi connectivity index (χ1) is 8.10. The average Bonchev–Trinajstić information content (AvgIpc) is 2.27. The zero-order valence-corrected chi connectivity index (χ0v) is 11.5. The predicted octanol–water partition coefficient (Wildman–Crippen LogP) is 3.54. The zero-order valence-electron chi connectivity index (χ0n) is 11.5. The molecule has 0 saturated carbocycles. The molecule has 0 fully saturated rings. The number of ether oxygens (including phenoxy) is 1. The summed E-state index contributed by atoms with van der Waals surface area (Å²) in [6, 6.07) is 4.36. The summed E-state index contributed by atoms with van der Waals surface area (Å²) in [5.41, 5.74) is 9.49. The van der Waals surface area contributed by atoms with Crippen LogP contribution in [0.25, 0.3) is 0 Å². The minimum atomic E-state index is 0.539. The molecule has 0 aliphatic rings. The highest BCUT2D eigenvalue weighted by Gasteiger charge is 2.14. The van der Waals surface area contributed by atoms with Crippen molar-refractivity contribution in [2.24, 2.45) is 5.73 Å². The van der Waals surface area contributed by atoms with Crippen LogP contribution in [0.2, 0.25) is 0 Å². The van der Waals surface area contributed by atoms with Gasteiger partial charge in [-0.3, -0.25) is 0 Å². The van der Waals surface area contributed by atoms with Crippen LogP contribution in [0.4, 0.5) is 0 Å². The minimum absolute atomic E-state index is 0.539. The van der Waals surface area contributed by atoms with E-state index < -0.39 is 0 Å². The molecule has 1 aromatic rings. The first kappa shape index (κ1) is 14.0. The molecule has 0 saturated heterocycles. The van der Waals surface area contributed by atoms with Crippen LogP contribution in [0.15, 0.2) is 12.1 Å². The van der Waals surface area contributed by atoms with Gasteiger partial charge in [-0.05, 0) is 61.9 Å². The molecule has 2 nitrogen and oxygen atoms in total. The molecule has 0 spiro atoms. The van der Waals surface area contributed by atoms with E-state index in [4.69, 9.17) is 10.5 Å². The van der Waals surface area contributed by atoms with Gasteiger partial charge in [0.1, 0.15) is 5.75 Å². The number of hydrogen-bond donors (Lipinski definition) is 1. The van der Waals surface area contributed by atoms with Gasteiger partial charge in [-0.1, -0.05) is 19.4 Å². The van der Waals surface area contributed by atoms with E-state index in [0.717, 1.165) is 18.7 Å². The fourth-order valence-corrected chi connectivity index (χ4v) is 2.48. The van der Waals surface area contributed by atoms with Crippen LogP contribution in [0, 0.1) is 13.8 Å². The summed E-state index contributed by atoms with van der Waals surface area (Å²) in [5, 5.41) is 0. The summed E-state index contributed by atoms with van der Waals surface area (Å²) in [5.74, 6) is 1.57. The van der Waals surface area contributed by atoms with E-state index in [-0.39, 0.29) is 0 Å². The van der Waals surface area contributed by atoms with Gasteiger partial charge in [-0.25, -0.2) is 0 Å². The number of rotatable bonds is 6. The maximum Gasteiger partial charge on any atom is 0.122 e. The van der Waals surface area contributed by atoms with Gasteiger partial charge in [0.15, 0.2) is 0 Å². The van der Waals surface area contributed by atoms with Gasteiger partial charge >= 0.3 is 0 Å². The Morgan fingerprint density at radius 3 is 2.53 bits per heavy atom. The molecule has 0 aliphatic carbocycles. The van der Waals surface area contributed by atoms with E-state index in [1.54, 1.807) is 7.11 Å². The molecule has 96 valence electrons. The Bertz CT molecular complexity index is 360. The van der Waals surface area contributed by atoms with Crippen molar-refractivity contribution in [2.75, 3.05) is 13.7 Å². The second-order valence-corrected chi connectivity index (χ2v) is 4.88. The molecule has 0 amide bonds. The van der Waals surface area contributed by atoms with E-state index in [1.807, 2.05) is 0 Å². The van der Waals surface area contributed by atoms with Crippen LogP contribution < -0.4 is 10.5 Å². The lowest BCUT2D eigenvalue weighted by Gasteiger charge is -2.19. The first-order valence-electron chi connectivity index (χ1n) is 6.45. The predicted molar refractivity (Wildman–Crippen MR) is 73.8 cm³/mol. The summed E-state index contributed by atoms with van der Waals surface area (Å²) in [7, 11) is 1.75. The SMILES string of the molecule is COc1cc(C)cc(C)c1C(C)CCCCN. The highest BCUT2D eigenvalue weighted by molar-refractivity contribution is 5.45. The number of benzene rings is 1. The second kappa shape index (κ2) is 6.65. The highest BCUT2D eigenvalue weighted by atomic mass is 16.5. The van der Waals surface area contributed by atoms with Crippen LogP contribution in [-0.4, -0.2) is 13.7 Å². The van der Waals surface area contributed by atoms with Crippen molar-refractivity contribution in [2.45, 2.75) is 46.0 Å². The largest absolute Gasteiger partial charge is 0.496 e. The Balaban J connectivity index is 2.87. The van der Waals surface area contributed by atoms with Crippen molar-refractivity contribution in [3.63, 3.8) is 0 Å². The van der Waals surface area contributed by atoms with E-state index in [0.29, 0.717) is 5.92 Å². The average molecular weight is 235 g/mol. The van der Waals surface area contributed by atoms with Gasteiger partial charge in [-0.2, -0.15) is 0 Å². The monoisotopic (exact) mass is 235 g/mol. The standard InChI is InChI=1S/C15H25NO/c1-11-9-13(3)15(14(10-11)17-4)12(2)7-5-6-8-16/h9-10,12H,5-8,16H2,1-4H3. The Hall–Kier alpha value is -1.02. The molecule has 0 bridgehead atoms. The van der Waals surface area contributed by atoms with Crippen molar-refractivity contribution < 1.29 is 4.74 Å². The topological polar surface area (TPSA) is 35.2 Å². The third-order valence-electron chi connectivity index (χ3n) is 3.30. The molecule has 1 aromatic carbocycles. The molecule has 0 radical (unpaired) electrons. The molecule has 17 heavy (non-hydrogen) atoms. The van der Waals surface area contributed by atoms with Crippen LogP contribution in [0.3, 0.4) is 0 Å². The Kier molecular flexibility index (Phi) is 5.49. The summed E-state index contributed by atoms with van der Waals surface area (Å²) in [6.45, 7) is 7.34. The summed E-state index contributed by atoms with van der Waals surface area (Å²) >= 11 is 0. The number of nitrogens with two attached hydrogens (primary N) is 1. The van der Waals surface area contributed by atoms with E-state index in [9.17, 15) is 0 Å². The Labute approximate surface area is 105 Å². The van der Waals surface area contributed by atoms with Crippen molar-refractivity contribution in [3.8, 4) is 5.75 Å². The fourth-order valence-electron chi connectivity index (χ4n) is 2.48. The molecule has 1 rings (SSSR count). The van der Waals surface area contributed by atoms with Gasteiger partial charge in [0, 0.05) is 0 Å². The number of hydrogen-bond acceptors (Lipinski definition) is 2. The van der Waals surface area contributed by atoms with Crippen molar-refractivity contribution in [1.29, 1.82) is 0 Å². The second-order valence-electron chi connectivity index (χ2n) is 4.88. The van der Waals surface area contributed by atoms with Gasteiger partial charge in [0.2, 0.25) is 0 Å². The van der Waals surface area contributed by atoms with Crippen LogP contribution >= 0.6 is 0 Å². The zero-order chi connectivity index (χ0) is 12.8. The molecule has 0 heterocycles. The Morgan fingerprint density at radius 1 is 1.24 bits per heavy atom. The number of methoxy groups -OCH3 is 1. The van der Waals surface area contributed by atoms with E-state index >= 15 is 0 Å². The summed E-state index contributed by atoms with van der Waals surface area (Å²) in [6.07, 6.45) is 3.48. The quantitative estimate of drug-likeness (QED) is 0.765. The highest BCUT2D eigenvalue weighted by Crippen LogP contribution is 2.33. The van der Waals surface area contributed by atoms with E-state index in [2.05, 4.69) is 32.9 Å². The molecule has 0 aliphatic heterocycles. The van der Waals surface area contributed by atoms with E-state index in [1.165, 1.54) is 29.5 Å². The van der Waals surface area contributed by atoms with Gasteiger partial charge in [0.05, 0.1) is 7.11 Å². The lowest BCUT2D eigenvalue weighted by atomic mass is 9.90. The molecule has 2 N–H and O–H groups in total. The van der Waals surface area contributed by atoms with Crippen LogP contribution in [-0.2, 0) is 0 Å². The van der Waals surface area contributed by atoms with Crippen molar-refractivity contribution >= 4 is 0 Å². The normalized spacial score (nSPS) is 12.5. The molecular formula is C15H25NO. The lowest BCUT2D eigenvalue weighted by Crippen LogP contribution is -2.03. The minimum Gasteiger partial charge on any atom is -0.496 e. The first-order valence-corrected chi connectivity index (χ1v) is 6.45. The van der Waals surface area contributed by atoms with Crippen molar-refractivity contribution in [1.82, 2.24) is 0 Å². The molecule has 0 aromatic heterocycles. The van der Waals surface area contributed by atoms with Gasteiger partial charge in [-0.15, -0.1) is 0 Å². The molecule has 1 atom stereocenters.